The molecule has 1 atom stereocenters. The van der Waals surface area contributed by atoms with Gasteiger partial charge >= 0.3 is 5.97 Å². The summed E-state index contributed by atoms with van der Waals surface area (Å²) in [5.74, 6) is -0.187. The van der Waals surface area contributed by atoms with Crippen molar-refractivity contribution >= 4 is 5.97 Å². The van der Waals surface area contributed by atoms with Crippen LogP contribution in [0.25, 0.3) is 0 Å². The minimum absolute atomic E-state index is 0.187. The maximum absolute atomic E-state index is 11.4. The highest BCUT2D eigenvalue weighted by molar-refractivity contribution is 5.69. The second-order valence-corrected chi connectivity index (χ2v) is 4.04. The third-order valence-corrected chi connectivity index (χ3v) is 2.61. The van der Waals surface area contributed by atoms with Gasteiger partial charge in [0, 0.05) is 17.9 Å². The molecule has 0 amide bonds. The lowest BCUT2D eigenvalue weighted by Crippen LogP contribution is -2.23. The van der Waals surface area contributed by atoms with E-state index in [0.29, 0.717) is 6.61 Å². The van der Waals surface area contributed by atoms with Crippen molar-refractivity contribution in [1.29, 1.82) is 0 Å². The van der Waals surface area contributed by atoms with Crippen LogP contribution in [0.4, 0.5) is 0 Å². The Hall–Kier alpha value is -1.29. The van der Waals surface area contributed by atoms with Gasteiger partial charge in [-0.05, 0) is 38.9 Å². The number of esters is 1. The quantitative estimate of drug-likeness (QED) is 0.740. The van der Waals surface area contributed by atoms with Crippen LogP contribution < -0.4 is 5.32 Å². The predicted molar refractivity (Wildman–Crippen MR) is 67.8 cm³/mol. The Labute approximate surface area is 103 Å². The number of hydrogen-bond donors (Lipinski definition) is 1. The molecule has 0 saturated carbocycles. The summed E-state index contributed by atoms with van der Waals surface area (Å²) in [6.07, 6.45) is 3.01. The van der Waals surface area contributed by atoms with Crippen molar-refractivity contribution in [3.8, 4) is 0 Å². The zero-order valence-corrected chi connectivity index (χ0v) is 10.9. The molecule has 1 aromatic heterocycles. The highest BCUT2D eigenvalue weighted by atomic mass is 16.5. The lowest BCUT2D eigenvalue weighted by Gasteiger charge is -2.16. The summed E-state index contributed by atoms with van der Waals surface area (Å²) in [6.45, 7) is 7.75. The molecule has 0 saturated heterocycles. The average Bonchev–Trinajstić information content (AvgIpc) is 2.74. The van der Waals surface area contributed by atoms with Crippen molar-refractivity contribution < 1.29 is 9.53 Å². The maximum Gasteiger partial charge on any atom is 0.325 e. The van der Waals surface area contributed by atoms with E-state index in [2.05, 4.69) is 19.2 Å². The molecular formula is C13H22N2O2. The average molecular weight is 238 g/mol. The van der Waals surface area contributed by atoms with Crippen molar-refractivity contribution in [3.05, 3.63) is 24.0 Å². The molecule has 1 unspecified atom stereocenters. The number of nitrogens with one attached hydrogen (secondary N) is 1. The number of ether oxygens (including phenoxy) is 1. The van der Waals surface area contributed by atoms with Crippen LogP contribution in [-0.4, -0.2) is 23.7 Å². The molecule has 4 nitrogen and oxygen atoms in total. The van der Waals surface area contributed by atoms with Crippen LogP contribution in [0.1, 0.15) is 38.9 Å². The number of aromatic nitrogens is 1. The van der Waals surface area contributed by atoms with Gasteiger partial charge in [-0.15, -0.1) is 0 Å². The molecule has 0 spiro atoms. The maximum atomic E-state index is 11.4. The zero-order chi connectivity index (χ0) is 12.7. The van der Waals surface area contributed by atoms with Crippen LogP contribution in [0.3, 0.4) is 0 Å². The van der Waals surface area contributed by atoms with Gasteiger partial charge in [-0.3, -0.25) is 4.79 Å². The lowest BCUT2D eigenvalue weighted by molar-refractivity contribution is -0.143. The Morgan fingerprint density at radius 2 is 2.29 bits per heavy atom. The number of carbonyl (C=O) groups excluding carboxylic acids is 1. The van der Waals surface area contributed by atoms with Crippen molar-refractivity contribution in [1.82, 2.24) is 9.88 Å². The number of rotatable bonds is 7. The molecule has 1 N–H and O–H groups in total. The Balaban J connectivity index is 2.61. The van der Waals surface area contributed by atoms with E-state index in [4.69, 9.17) is 4.74 Å². The van der Waals surface area contributed by atoms with Gasteiger partial charge in [-0.25, -0.2) is 0 Å². The van der Waals surface area contributed by atoms with Gasteiger partial charge in [0.25, 0.3) is 0 Å². The van der Waals surface area contributed by atoms with Crippen LogP contribution in [0.5, 0.6) is 0 Å². The molecule has 0 bridgehead atoms. The van der Waals surface area contributed by atoms with Gasteiger partial charge in [0.2, 0.25) is 0 Å². The first-order chi connectivity index (χ1) is 8.19. The summed E-state index contributed by atoms with van der Waals surface area (Å²) in [5, 5.41) is 3.41. The molecule has 0 fully saturated rings. The smallest absolute Gasteiger partial charge is 0.325 e. The fourth-order valence-electron chi connectivity index (χ4n) is 1.78. The van der Waals surface area contributed by atoms with E-state index in [-0.39, 0.29) is 18.6 Å². The standard InChI is InChI=1S/C13H22N2O2/c1-4-8-14-11(3)12-7-6-9-15(12)10-13(16)17-5-2/h6-7,9,11,14H,4-5,8,10H2,1-3H3. The van der Waals surface area contributed by atoms with Gasteiger partial charge in [0.15, 0.2) is 0 Å². The largest absolute Gasteiger partial charge is 0.465 e. The third-order valence-electron chi connectivity index (χ3n) is 2.61. The molecule has 0 radical (unpaired) electrons. The minimum Gasteiger partial charge on any atom is -0.465 e. The van der Waals surface area contributed by atoms with E-state index >= 15 is 0 Å². The van der Waals surface area contributed by atoms with Crippen molar-refractivity contribution in [2.75, 3.05) is 13.2 Å². The summed E-state index contributed by atoms with van der Waals surface area (Å²) in [6, 6.07) is 4.24. The fraction of sp³-hybridized carbons (Fsp3) is 0.615. The van der Waals surface area contributed by atoms with Gasteiger partial charge in [0.1, 0.15) is 6.54 Å². The van der Waals surface area contributed by atoms with Crippen LogP contribution in [0, 0.1) is 0 Å². The Bertz CT molecular complexity index is 347. The normalized spacial score (nSPS) is 12.4. The molecule has 0 aromatic carbocycles. The van der Waals surface area contributed by atoms with Gasteiger partial charge < -0.3 is 14.6 Å². The van der Waals surface area contributed by atoms with E-state index in [9.17, 15) is 4.79 Å². The summed E-state index contributed by atoms with van der Waals surface area (Å²) in [4.78, 5) is 11.4. The molecular weight excluding hydrogens is 216 g/mol. The Kier molecular flexibility index (Phi) is 5.77. The summed E-state index contributed by atoms with van der Waals surface area (Å²) in [7, 11) is 0. The van der Waals surface area contributed by atoms with E-state index in [1.54, 1.807) is 0 Å². The van der Waals surface area contributed by atoms with Crippen molar-refractivity contribution in [2.24, 2.45) is 0 Å². The topological polar surface area (TPSA) is 43.3 Å². The van der Waals surface area contributed by atoms with Gasteiger partial charge in [-0.2, -0.15) is 0 Å². The molecule has 1 heterocycles. The van der Waals surface area contributed by atoms with E-state index in [1.807, 2.05) is 29.8 Å². The van der Waals surface area contributed by atoms with Crippen molar-refractivity contribution in [3.63, 3.8) is 0 Å². The first-order valence-corrected chi connectivity index (χ1v) is 6.23. The van der Waals surface area contributed by atoms with Crippen LogP contribution in [0.2, 0.25) is 0 Å². The molecule has 17 heavy (non-hydrogen) atoms. The third kappa shape index (κ3) is 4.23. The van der Waals surface area contributed by atoms with E-state index in [0.717, 1.165) is 18.7 Å². The molecule has 96 valence electrons. The molecule has 1 rings (SSSR count). The molecule has 4 heteroatoms. The number of carbonyl (C=O) groups is 1. The Morgan fingerprint density at radius 1 is 1.53 bits per heavy atom. The second-order valence-electron chi connectivity index (χ2n) is 4.04. The van der Waals surface area contributed by atoms with Crippen LogP contribution in [-0.2, 0) is 16.1 Å². The lowest BCUT2D eigenvalue weighted by atomic mass is 10.2. The number of nitrogens with zero attached hydrogens (tertiary/aromatic N) is 1. The van der Waals surface area contributed by atoms with Crippen molar-refractivity contribution in [2.45, 2.75) is 39.8 Å². The van der Waals surface area contributed by atoms with Crippen LogP contribution >= 0.6 is 0 Å². The highest BCUT2D eigenvalue weighted by Gasteiger charge is 2.11. The first kappa shape index (κ1) is 13.8. The SMILES string of the molecule is CCCNC(C)c1cccn1CC(=O)OCC. The van der Waals surface area contributed by atoms with E-state index < -0.39 is 0 Å². The van der Waals surface area contributed by atoms with E-state index in [1.165, 1.54) is 0 Å². The van der Waals surface area contributed by atoms with Gasteiger partial charge in [-0.1, -0.05) is 6.92 Å². The zero-order valence-electron chi connectivity index (χ0n) is 10.9. The monoisotopic (exact) mass is 238 g/mol. The second kappa shape index (κ2) is 7.12. The first-order valence-electron chi connectivity index (χ1n) is 6.23. The molecule has 0 aliphatic carbocycles. The molecule has 0 aliphatic heterocycles. The Morgan fingerprint density at radius 3 is 2.94 bits per heavy atom. The van der Waals surface area contributed by atoms with Crippen LogP contribution in [0.15, 0.2) is 18.3 Å². The molecule has 1 aromatic rings. The summed E-state index contributed by atoms with van der Waals surface area (Å²) >= 11 is 0. The number of hydrogen-bond acceptors (Lipinski definition) is 3. The fourth-order valence-corrected chi connectivity index (χ4v) is 1.78. The highest BCUT2D eigenvalue weighted by Crippen LogP contribution is 2.13. The summed E-state index contributed by atoms with van der Waals surface area (Å²) in [5.41, 5.74) is 1.12. The molecule has 0 aliphatic rings. The van der Waals surface area contributed by atoms with Gasteiger partial charge in [0.05, 0.1) is 6.61 Å². The predicted octanol–water partition coefficient (Wildman–Crippen LogP) is 2.11. The minimum atomic E-state index is -0.187. The summed E-state index contributed by atoms with van der Waals surface area (Å²) < 4.78 is 6.89.